The van der Waals surface area contributed by atoms with Gasteiger partial charge in [0.1, 0.15) is 10.7 Å². The maximum Gasteiger partial charge on any atom is 0.425 e. The fourth-order valence-electron chi connectivity index (χ4n) is 3.43. The number of hydrogen-bond acceptors (Lipinski definition) is 5. The minimum atomic E-state index is -4.49. The highest BCUT2D eigenvalue weighted by molar-refractivity contribution is 7.73. The Kier molecular flexibility index (Phi) is 5.22. The van der Waals surface area contributed by atoms with E-state index < -0.39 is 28.0 Å². The van der Waals surface area contributed by atoms with Crippen LogP contribution in [0, 0.1) is 5.41 Å². The van der Waals surface area contributed by atoms with Gasteiger partial charge in [0, 0.05) is 12.1 Å². The van der Waals surface area contributed by atoms with E-state index >= 15 is 0 Å². The molecule has 1 aromatic carbocycles. The summed E-state index contributed by atoms with van der Waals surface area (Å²) in [6.07, 6.45) is -5.27. The zero-order valence-electron chi connectivity index (χ0n) is 14.5. The molecule has 10 heteroatoms. The summed E-state index contributed by atoms with van der Waals surface area (Å²) in [5.41, 5.74) is -0.456. The number of hydrogen-bond donors (Lipinski definition) is 1. The summed E-state index contributed by atoms with van der Waals surface area (Å²) in [7, 11) is -2.57. The van der Waals surface area contributed by atoms with Crippen molar-refractivity contribution in [1.82, 2.24) is 5.32 Å². The van der Waals surface area contributed by atoms with Crippen molar-refractivity contribution in [3.63, 3.8) is 0 Å². The van der Waals surface area contributed by atoms with Gasteiger partial charge in [-0.25, -0.2) is 0 Å². The molecule has 0 aromatic heterocycles. The number of nitrogens with one attached hydrogen (secondary N) is 1. The lowest BCUT2D eigenvalue weighted by molar-refractivity contribution is -0.189. The smallest absolute Gasteiger partial charge is 0.425 e. The molecule has 1 amide bonds. The zero-order chi connectivity index (χ0) is 19.8. The van der Waals surface area contributed by atoms with Gasteiger partial charge in [-0.15, -0.1) is 0 Å². The van der Waals surface area contributed by atoms with E-state index in [1.165, 1.54) is 24.3 Å². The first kappa shape index (κ1) is 19.7. The summed E-state index contributed by atoms with van der Waals surface area (Å²) in [6.45, 7) is 2.14. The largest absolute Gasteiger partial charge is 0.481 e. The lowest BCUT2D eigenvalue weighted by atomic mass is 9.77. The van der Waals surface area contributed by atoms with Crippen molar-refractivity contribution in [2.75, 3.05) is 18.0 Å². The van der Waals surface area contributed by atoms with Crippen molar-refractivity contribution in [2.24, 2.45) is 5.41 Å². The number of benzene rings is 1. The molecule has 0 bridgehead atoms. The zero-order valence-corrected chi connectivity index (χ0v) is 15.4. The van der Waals surface area contributed by atoms with Crippen molar-refractivity contribution < 1.29 is 31.1 Å². The number of halogens is 3. The molecule has 148 valence electrons. The third-order valence-corrected chi connectivity index (χ3v) is 5.73. The number of alkyl halides is 3. The summed E-state index contributed by atoms with van der Waals surface area (Å²) < 4.78 is 66.0. The molecule has 2 aliphatic heterocycles. The van der Waals surface area contributed by atoms with Crippen LogP contribution in [0.15, 0.2) is 24.3 Å². The minimum Gasteiger partial charge on any atom is -0.481 e. The van der Waals surface area contributed by atoms with Gasteiger partial charge in [-0.05, 0) is 57.1 Å². The molecule has 2 saturated heterocycles. The van der Waals surface area contributed by atoms with Crippen LogP contribution in [-0.2, 0) is 15.1 Å². The van der Waals surface area contributed by atoms with Gasteiger partial charge in [-0.1, -0.05) is 0 Å². The van der Waals surface area contributed by atoms with Crippen LogP contribution in [0.25, 0.3) is 0 Å². The highest BCUT2D eigenvalue weighted by atomic mass is 32.2. The average molecular weight is 404 g/mol. The third-order valence-electron chi connectivity index (χ3n) is 5.02. The number of anilines is 1. The van der Waals surface area contributed by atoms with E-state index in [0.29, 0.717) is 31.6 Å². The van der Waals surface area contributed by atoms with E-state index in [-0.39, 0.29) is 23.1 Å². The van der Waals surface area contributed by atoms with Crippen LogP contribution in [0.2, 0.25) is 0 Å². The summed E-state index contributed by atoms with van der Waals surface area (Å²) in [6, 6.07) is 5.37. The Labute approximate surface area is 155 Å². The lowest BCUT2D eigenvalue weighted by Gasteiger charge is -2.31. The van der Waals surface area contributed by atoms with E-state index in [2.05, 4.69) is 5.32 Å². The van der Waals surface area contributed by atoms with Crippen molar-refractivity contribution in [1.29, 1.82) is 0 Å². The van der Waals surface area contributed by atoms with Gasteiger partial charge in [0.25, 0.3) is 0 Å². The molecule has 2 aliphatic rings. The van der Waals surface area contributed by atoms with Crippen molar-refractivity contribution in [2.45, 2.75) is 38.5 Å². The second-order valence-electron chi connectivity index (χ2n) is 6.77. The van der Waals surface area contributed by atoms with E-state index in [0.717, 1.165) is 11.8 Å². The molecule has 1 aromatic rings. The molecule has 1 atom stereocenters. The first-order valence-corrected chi connectivity index (χ1v) is 9.55. The SMILES string of the molecule is CC(Oc1ccc(N2C(=O)C3(CCNCC3)CC2=S(=O)=O)cc1)C(F)(F)F. The van der Waals surface area contributed by atoms with E-state index in [1.807, 2.05) is 0 Å². The van der Waals surface area contributed by atoms with Crippen LogP contribution in [-0.4, -0.2) is 44.7 Å². The molecule has 2 fully saturated rings. The highest BCUT2D eigenvalue weighted by Gasteiger charge is 2.51. The van der Waals surface area contributed by atoms with Crippen molar-refractivity contribution in [3.05, 3.63) is 24.3 Å². The summed E-state index contributed by atoms with van der Waals surface area (Å²) >= 11 is 0. The van der Waals surface area contributed by atoms with Crippen LogP contribution in [0.3, 0.4) is 0 Å². The van der Waals surface area contributed by atoms with Crippen molar-refractivity contribution in [3.8, 4) is 5.75 Å². The first-order chi connectivity index (χ1) is 12.6. The molecule has 1 unspecified atom stereocenters. The molecular weight excluding hydrogens is 385 g/mol. The molecular formula is C17H19F3N2O4S. The predicted molar refractivity (Wildman–Crippen MR) is 93.2 cm³/mol. The molecule has 1 N–H and O–H groups in total. The number of amides is 1. The lowest BCUT2D eigenvalue weighted by Crippen LogP contribution is -2.43. The van der Waals surface area contributed by atoms with E-state index in [1.54, 1.807) is 0 Å². The Bertz CT molecular complexity index is 851. The van der Waals surface area contributed by atoms with Crippen LogP contribution in [0.4, 0.5) is 18.9 Å². The monoisotopic (exact) mass is 404 g/mol. The van der Waals surface area contributed by atoms with Gasteiger partial charge in [0.2, 0.25) is 16.2 Å². The summed E-state index contributed by atoms with van der Waals surface area (Å²) in [5, 5.41) is 3.15. The second kappa shape index (κ2) is 7.16. The fraction of sp³-hybridized carbons (Fsp3) is 0.529. The summed E-state index contributed by atoms with van der Waals surface area (Å²) in [5.74, 6) is -0.308. The standard InChI is InChI=1S/C17H19F3N2O4S/c1-11(17(18,19)20)26-13-4-2-12(3-5-13)22-14(27(24)25)10-16(15(22)23)6-8-21-9-7-16/h2-5,11,21H,6-10H2,1H3. The molecule has 1 spiro atoms. The number of nitrogens with zero attached hydrogens (tertiary/aromatic N) is 1. The average Bonchev–Trinajstić information content (AvgIpc) is 2.88. The van der Waals surface area contributed by atoms with Gasteiger partial charge >= 0.3 is 6.18 Å². The minimum absolute atomic E-state index is 0.0146. The maximum atomic E-state index is 13.0. The van der Waals surface area contributed by atoms with Gasteiger partial charge in [0.15, 0.2) is 6.10 Å². The number of piperidine rings is 1. The Hall–Kier alpha value is -2.07. The summed E-state index contributed by atoms with van der Waals surface area (Å²) in [4.78, 5) is 14.2. The molecule has 3 rings (SSSR count). The van der Waals surface area contributed by atoms with Crippen LogP contribution < -0.4 is 15.0 Å². The molecule has 0 radical (unpaired) electrons. The Morgan fingerprint density at radius 2 is 1.78 bits per heavy atom. The van der Waals surface area contributed by atoms with Crippen LogP contribution in [0.5, 0.6) is 5.75 Å². The van der Waals surface area contributed by atoms with Crippen molar-refractivity contribution >= 4 is 26.9 Å². The number of rotatable bonds is 3. The number of carbonyl (C=O) groups is 1. The molecule has 0 saturated carbocycles. The molecule has 2 heterocycles. The van der Waals surface area contributed by atoms with E-state index in [9.17, 15) is 26.4 Å². The van der Waals surface area contributed by atoms with Crippen LogP contribution >= 0.6 is 0 Å². The Morgan fingerprint density at radius 1 is 1.19 bits per heavy atom. The van der Waals surface area contributed by atoms with Gasteiger partial charge in [0.05, 0.1) is 5.41 Å². The first-order valence-electron chi connectivity index (χ1n) is 8.48. The highest BCUT2D eigenvalue weighted by Crippen LogP contribution is 2.43. The quantitative estimate of drug-likeness (QED) is 0.782. The number of carbonyl (C=O) groups excluding carboxylic acids is 1. The van der Waals surface area contributed by atoms with Gasteiger partial charge < -0.3 is 10.1 Å². The topological polar surface area (TPSA) is 75.7 Å². The predicted octanol–water partition coefficient (Wildman–Crippen LogP) is 2.13. The Balaban J connectivity index is 1.88. The fourth-order valence-corrected chi connectivity index (χ4v) is 4.16. The molecule has 6 nitrogen and oxygen atoms in total. The van der Waals surface area contributed by atoms with Gasteiger partial charge in [-0.2, -0.15) is 21.6 Å². The third kappa shape index (κ3) is 3.81. The normalized spacial score (nSPS) is 20.8. The number of ether oxygens (including phenoxy) is 1. The second-order valence-corrected chi connectivity index (χ2v) is 7.71. The van der Waals surface area contributed by atoms with Crippen LogP contribution in [0.1, 0.15) is 26.2 Å². The van der Waals surface area contributed by atoms with Gasteiger partial charge in [-0.3, -0.25) is 9.69 Å². The maximum absolute atomic E-state index is 13.0. The van der Waals surface area contributed by atoms with E-state index in [4.69, 9.17) is 4.74 Å². The molecule has 27 heavy (non-hydrogen) atoms. The molecule has 0 aliphatic carbocycles. The Morgan fingerprint density at radius 3 is 2.30 bits per heavy atom.